The van der Waals surface area contributed by atoms with Gasteiger partial charge >= 0.3 is 0 Å². The number of nitrogens with zero attached hydrogens (tertiary/aromatic N) is 2. The molecule has 1 aliphatic rings. The molecule has 0 amide bonds. The van der Waals surface area contributed by atoms with E-state index >= 15 is 0 Å². The average molecular weight is 248 g/mol. The van der Waals surface area contributed by atoms with Crippen LogP contribution in [-0.2, 0) is 4.74 Å². The Bertz CT molecular complexity index is 414. The van der Waals surface area contributed by atoms with Gasteiger partial charge in [-0.15, -0.1) is 0 Å². The fraction of sp³-hybridized carbons (Fsp3) is 0.571. The minimum atomic E-state index is 0.0816. The second-order valence-corrected chi connectivity index (χ2v) is 4.90. The van der Waals surface area contributed by atoms with Gasteiger partial charge in [0.15, 0.2) is 5.78 Å². The third-order valence-electron chi connectivity index (χ3n) is 3.42. The largest absolute Gasteiger partial charge is 0.381 e. The van der Waals surface area contributed by atoms with Crippen LogP contribution in [0.5, 0.6) is 0 Å². The highest BCUT2D eigenvalue weighted by molar-refractivity contribution is 5.94. The smallest absolute Gasteiger partial charge is 0.159 e. The van der Waals surface area contributed by atoms with Crippen LogP contribution < -0.4 is 4.90 Å². The van der Waals surface area contributed by atoms with Gasteiger partial charge in [0.25, 0.3) is 0 Å². The van der Waals surface area contributed by atoms with E-state index in [1.165, 1.54) is 0 Å². The molecular formula is C14H20N2O2. The van der Waals surface area contributed by atoms with Crippen LogP contribution in [0.4, 0.5) is 5.82 Å². The van der Waals surface area contributed by atoms with Crippen LogP contribution in [0, 0.1) is 5.92 Å². The van der Waals surface area contributed by atoms with E-state index in [2.05, 4.69) is 9.88 Å². The second-order valence-electron chi connectivity index (χ2n) is 4.90. The number of carbonyl (C=O) groups is 1. The van der Waals surface area contributed by atoms with Gasteiger partial charge in [0, 0.05) is 38.6 Å². The number of hydrogen-bond donors (Lipinski definition) is 0. The predicted molar refractivity (Wildman–Crippen MR) is 71.1 cm³/mol. The number of anilines is 1. The van der Waals surface area contributed by atoms with E-state index in [4.69, 9.17) is 4.74 Å². The molecule has 18 heavy (non-hydrogen) atoms. The minimum Gasteiger partial charge on any atom is -0.381 e. The summed E-state index contributed by atoms with van der Waals surface area (Å²) in [5, 5.41) is 0. The molecule has 1 aromatic heterocycles. The quantitative estimate of drug-likeness (QED) is 0.766. The van der Waals surface area contributed by atoms with Crippen LogP contribution in [0.25, 0.3) is 0 Å². The highest BCUT2D eigenvalue weighted by Gasteiger charge is 2.16. The summed E-state index contributed by atoms with van der Waals surface area (Å²) in [4.78, 5) is 17.8. The van der Waals surface area contributed by atoms with Crippen molar-refractivity contribution in [2.75, 3.05) is 31.7 Å². The lowest BCUT2D eigenvalue weighted by molar-refractivity contribution is 0.0685. The summed E-state index contributed by atoms with van der Waals surface area (Å²) < 4.78 is 5.36. The first-order valence-electron chi connectivity index (χ1n) is 6.42. The molecule has 1 aromatic rings. The molecule has 0 unspecified atom stereocenters. The van der Waals surface area contributed by atoms with Crippen molar-refractivity contribution in [3.8, 4) is 0 Å². The Balaban J connectivity index is 2.01. The Labute approximate surface area is 108 Å². The molecule has 98 valence electrons. The molecule has 0 N–H and O–H groups in total. The van der Waals surface area contributed by atoms with Crippen LogP contribution in [0.2, 0.25) is 0 Å². The average Bonchev–Trinajstić information content (AvgIpc) is 2.40. The van der Waals surface area contributed by atoms with Crippen molar-refractivity contribution in [3.05, 3.63) is 23.9 Å². The standard InChI is InChI=1S/C14H20N2O2/c1-11(17)13-3-6-15-14(9-13)16(2)10-12-4-7-18-8-5-12/h3,6,9,12H,4-5,7-8,10H2,1-2H3. The van der Waals surface area contributed by atoms with E-state index in [1.54, 1.807) is 19.2 Å². The first-order valence-corrected chi connectivity index (χ1v) is 6.42. The molecule has 0 spiro atoms. The van der Waals surface area contributed by atoms with E-state index in [-0.39, 0.29) is 5.78 Å². The zero-order chi connectivity index (χ0) is 13.0. The maximum Gasteiger partial charge on any atom is 0.159 e. The normalized spacial score (nSPS) is 16.6. The van der Waals surface area contributed by atoms with Gasteiger partial charge in [-0.05, 0) is 37.8 Å². The lowest BCUT2D eigenvalue weighted by atomic mass is 10.00. The van der Waals surface area contributed by atoms with Gasteiger partial charge in [0.1, 0.15) is 5.82 Å². The molecule has 4 heteroatoms. The fourth-order valence-corrected chi connectivity index (χ4v) is 2.26. The van der Waals surface area contributed by atoms with Gasteiger partial charge in [-0.2, -0.15) is 0 Å². The zero-order valence-electron chi connectivity index (χ0n) is 11.1. The number of pyridine rings is 1. The Kier molecular flexibility index (Phi) is 4.31. The summed E-state index contributed by atoms with van der Waals surface area (Å²) in [5.41, 5.74) is 0.721. The van der Waals surface area contributed by atoms with Gasteiger partial charge in [-0.1, -0.05) is 0 Å². The molecule has 0 atom stereocenters. The Hall–Kier alpha value is -1.42. The Morgan fingerprint density at radius 2 is 2.22 bits per heavy atom. The Morgan fingerprint density at radius 3 is 2.89 bits per heavy atom. The summed E-state index contributed by atoms with van der Waals surface area (Å²) in [6, 6.07) is 3.62. The van der Waals surface area contributed by atoms with Gasteiger partial charge in [0.2, 0.25) is 0 Å². The summed E-state index contributed by atoms with van der Waals surface area (Å²) in [5.74, 6) is 1.61. The summed E-state index contributed by atoms with van der Waals surface area (Å²) >= 11 is 0. The molecule has 0 aliphatic carbocycles. The van der Waals surface area contributed by atoms with Crippen LogP contribution in [0.15, 0.2) is 18.3 Å². The highest BCUT2D eigenvalue weighted by Crippen LogP contribution is 2.19. The molecule has 0 aromatic carbocycles. The number of ketones is 1. The third-order valence-corrected chi connectivity index (χ3v) is 3.42. The number of ether oxygens (including phenoxy) is 1. The second kappa shape index (κ2) is 5.96. The van der Waals surface area contributed by atoms with Crippen molar-refractivity contribution in [2.24, 2.45) is 5.92 Å². The molecule has 4 nitrogen and oxygen atoms in total. The Morgan fingerprint density at radius 1 is 1.50 bits per heavy atom. The monoisotopic (exact) mass is 248 g/mol. The van der Waals surface area contributed by atoms with Crippen molar-refractivity contribution in [3.63, 3.8) is 0 Å². The van der Waals surface area contributed by atoms with E-state index in [0.29, 0.717) is 5.92 Å². The predicted octanol–water partition coefficient (Wildman–Crippen LogP) is 2.15. The maximum atomic E-state index is 11.3. The lowest BCUT2D eigenvalue weighted by Gasteiger charge is -2.27. The topological polar surface area (TPSA) is 42.4 Å². The minimum absolute atomic E-state index is 0.0816. The van der Waals surface area contributed by atoms with Crippen LogP contribution >= 0.6 is 0 Å². The molecule has 1 saturated heterocycles. The van der Waals surface area contributed by atoms with E-state index in [0.717, 1.165) is 44.0 Å². The first-order chi connectivity index (χ1) is 8.66. The van der Waals surface area contributed by atoms with Crippen LogP contribution in [-0.4, -0.2) is 37.6 Å². The summed E-state index contributed by atoms with van der Waals surface area (Å²) in [6.07, 6.45) is 3.92. The molecule has 2 rings (SSSR count). The molecule has 0 radical (unpaired) electrons. The first kappa shape index (κ1) is 13.0. The van der Waals surface area contributed by atoms with Gasteiger partial charge in [0.05, 0.1) is 0 Å². The maximum absolute atomic E-state index is 11.3. The van der Waals surface area contributed by atoms with Crippen molar-refractivity contribution < 1.29 is 9.53 Å². The molecule has 1 fully saturated rings. The highest BCUT2D eigenvalue weighted by atomic mass is 16.5. The lowest BCUT2D eigenvalue weighted by Crippen LogP contribution is -2.30. The van der Waals surface area contributed by atoms with Crippen molar-refractivity contribution >= 4 is 11.6 Å². The van der Waals surface area contributed by atoms with Crippen LogP contribution in [0.3, 0.4) is 0 Å². The number of aromatic nitrogens is 1. The van der Waals surface area contributed by atoms with Crippen LogP contribution in [0.1, 0.15) is 30.1 Å². The molecule has 0 bridgehead atoms. The molecular weight excluding hydrogens is 228 g/mol. The van der Waals surface area contributed by atoms with E-state index in [1.807, 2.05) is 13.1 Å². The van der Waals surface area contributed by atoms with Crippen molar-refractivity contribution in [1.82, 2.24) is 4.98 Å². The SMILES string of the molecule is CC(=O)c1ccnc(N(C)CC2CCOCC2)c1. The number of Topliss-reactive ketones (excluding diaryl/α,β-unsaturated/α-hetero) is 1. The summed E-state index contributed by atoms with van der Waals surface area (Å²) in [7, 11) is 2.03. The molecule has 1 aliphatic heterocycles. The summed E-state index contributed by atoms with van der Waals surface area (Å²) in [6.45, 7) is 4.27. The number of rotatable bonds is 4. The van der Waals surface area contributed by atoms with E-state index in [9.17, 15) is 4.79 Å². The van der Waals surface area contributed by atoms with Gasteiger partial charge in [-0.3, -0.25) is 4.79 Å². The molecule has 0 saturated carbocycles. The van der Waals surface area contributed by atoms with Crippen molar-refractivity contribution in [2.45, 2.75) is 19.8 Å². The van der Waals surface area contributed by atoms with E-state index < -0.39 is 0 Å². The number of carbonyl (C=O) groups excluding carboxylic acids is 1. The zero-order valence-corrected chi connectivity index (χ0v) is 11.1. The van der Waals surface area contributed by atoms with Gasteiger partial charge < -0.3 is 9.64 Å². The third kappa shape index (κ3) is 3.29. The van der Waals surface area contributed by atoms with Gasteiger partial charge in [-0.25, -0.2) is 4.98 Å². The van der Waals surface area contributed by atoms with Crippen molar-refractivity contribution in [1.29, 1.82) is 0 Å². The fourth-order valence-electron chi connectivity index (χ4n) is 2.26. The molecule has 2 heterocycles. The number of hydrogen-bond acceptors (Lipinski definition) is 4.